The van der Waals surface area contributed by atoms with Gasteiger partial charge in [-0.15, -0.1) is 0 Å². The Morgan fingerprint density at radius 1 is 0.769 bits per heavy atom. The van der Waals surface area contributed by atoms with Gasteiger partial charge in [0, 0.05) is 0 Å². The second-order valence-electron chi connectivity index (χ2n) is 3.13. The van der Waals surface area contributed by atoms with Crippen LogP contribution in [-0.2, 0) is 0 Å². The number of hydrogen-bond donors (Lipinski definition) is 0. The predicted octanol–water partition coefficient (Wildman–Crippen LogP) is 3.17. The smallest absolute Gasteiger partial charge is 1.00 e. The normalized spacial score (nSPS) is 11.7. The van der Waals surface area contributed by atoms with E-state index in [9.17, 15) is 0 Å². The molecule has 1 aliphatic carbocycles. The molecule has 0 amide bonds. The first-order valence-corrected chi connectivity index (χ1v) is 4.15. The molecule has 0 spiro atoms. The van der Waals surface area contributed by atoms with E-state index in [4.69, 9.17) is 0 Å². The molecule has 0 fully saturated rings. The van der Waals surface area contributed by atoms with Crippen molar-refractivity contribution >= 4 is 71.8 Å². The summed E-state index contributed by atoms with van der Waals surface area (Å²) < 4.78 is 0. The molecule has 1 heteroatoms. The van der Waals surface area contributed by atoms with Crippen LogP contribution >= 0.6 is 0 Å². The van der Waals surface area contributed by atoms with Gasteiger partial charge in [-0.05, 0) is 21.9 Å². The molecule has 0 heterocycles. The molecule has 1 aliphatic rings. The number of rotatable bonds is 0. The van der Waals surface area contributed by atoms with Crippen molar-refractivity contribution in [1.29, 1.82) is 0 Å². The average molecular weight is 292 g/mol. The van der Waals surface area contributed by atoms with Crippen molar-refractivity contribution in [3.05, 3.63) is 47.5 Å². The molecule has 0 aliphatic heterocycles. The Balaban J connectivity index is 0.000000653. The summed E-state index contributed by atoms with van der Waals surface area (Å²) in [5.74, 6) is 0. The average Bonchev–Trinajstić information content (AvgIpc) is 2.52. The Kier molecular flexibility index (Phi) is 2.68. The first-order chi connectivity index (χ1) is 5.95. The van der Waals surface area contributed by atoms with Crippen molar-refractivity contribution < 1.29 is 2.85 Å². The number of hydrogen-bond acceptors (Lipinski definition) is 0. The van der Waals surface area contributed by atoms with Crippen LogP contribution in [0.1, 0.15) is 14.0 Å². The van der Waals surface area contributed by atoms with E-state index >= 15 is 0 Å². The van der Waals surface area contributed by atoms with Crippen molar-refractivity contribution in [2.75, 3.05) is 0 Å². The van der Waals surface area contributed by atoms with Gasteiger partial charge in [-0.2, -0.15) is 0 Å². The minimum Gasteiger partial charge on any atom is -1.00 e. The molecule has 0 atom stereocenters. The zero-order valence-electron chi connectivity index (χ0n) is 9.33. The summed E-state index contributed by atoms with van der Waals surface area (Å²) in [7, 11) is 0. The maximum atomic E-state index is 2.18. The molecule has 0 radical (unpaired) electrons. The molecule has 0 saturated heterocycles. The minimum atomic E-state index is 0. The van der Waals surface area contributed by atoms with Crippen LogP contribution in [0.2, 0.25) is 0 Å². The second kappa shape index (κ2) is 3.64. The Morgan fingerprint density at radius 3 is 1.85 bits per heavy atom. The standard InChI is InChI=1S/C12H8.Ba.2H/c1-3-9-4-2-6-11-8-7-10(5-1)12(9)11;;;/h1-8H;;;/q;+2;2*-1. The SMILES string of the molecule is C1=Cc2cccc3cccc1c23.[Ba+2].[H-].[H-]. The van der Waals surface area contributed by atoms with Crippen molar-refractivity contribution in [3.8, 4) is 0 Å². The Morgan fingerprint density at radius 2 is 1.31 bits per heavy atom. The molecule has 2 aromatic carbocycles. The van der Waals surface area contributed by atoms with Crippen molar-refractivity contribution in [1.82, 2.24) is 0 Å². The maximum absolute atomic E-state index is 2.18. The van der Waals surface area contributed by atoms with Crippen LogP contribution < -0.4 is 0 Å². The maximum Gasteiger partial charge on any atom is 2.00 e. The molecule has 3 rings (SSSR count). The van der Waals surface area contributed by atoms with Crippen molar-refractivity contribution in [2.45, 2.75) is 0 Å². The summed E-state index contributed by atoms with van der Waals surface area (Å²) in [4.78, 5) is 0. The Hall–Kier alpha value is 0.0114. The largest absolute Gasteiger partial charge is 2.00 e. The third kappa shape index (κ3) is 1.43. The van der Waals surface area contributed by atoms with Gasteiger partial charge in [-0.1, -0.05) is 48.6 Å². The molecular formula is C12H10Ba. The third-order valence-electron chi connectivity index (χ3n) is 2.41. The van der Waals surface area contributed by atoms with E-state index in [0.717, 1.165) is 0 Å². The Labute approximate surface area is 121 Å². The van der Waals surface area contributed by atoms with Crippen LogP contribution in [0.25, 0.3) is 22.9 Å². The molecule has 13 heavy (non-hydrogen) atoms. The fourth-order valence-corrected chi connectivity index (χ4v) is 1.86. The van der Waals surface area contributed by atoms with Crippen molar-refractivity contribution in [2.24, 2.45) is 0 Å². The van der Waals surface area contributed by atoms with Crippen LogP contribution in [0, 0.1) is 0 Å². The van der Waals surface area contributed by atoms with Crippen molar-refractivity contribution in [3.63, 3.8) is 0 Å². The summed E-state index contributed by atoms with van der Waals surface area (Å²) in [5.41, 5.74) is 2.70. The van der Waals surface area contributed by atoms with Gasteiger partial charge in [-0.25, -0.2) is 0 Å². The monoisotopic (exact) mass is 292 g/mol. The molecule has 0 saturated carbocycles. The van der Waals surface area contributed by atoms with Gasteiger partial charge in [-0.3, -0.25) is 0 Å². The van der Waals surface area contributed by atoms with Gasteiger partial charge in [0.15, 0.2) is 0 Å². The van der Waals surface area contributed by atoms with Gasteiger partial charge >= 0.3 is 48.9 Å². The van der Waals surface area contributed by atoms with E-state index in [0.29, 0.717) is 0 Å². The van der Waals surface area contributed by atoms with Gasteiger partial charge in [0.2, 0.25) is 0 Å². The summed E-state index contributed by atoms with van der Waals surface area (Å²) in [5, 5.41) is 2.75. The van der Waals surface area contributed by atoms with Crippen LogP contribution in [0.15, 0.2) is 36.4 Å². The van der Waals surface area contributed by atoms with Gasteiger partial charge < -0.3 is 2.85 Å². The summed E-state index contributed by atoms with van der Waals surface area (Å²) >= 11 is 0. The minimum absolute atomic E-state index is 0. The molecule has 0 bridgehead atoms. The Bertz CT molecular complexity index is 451. The van der Waals surface area contributed by atoms with Crippen LogP contribution in [0.5, 0.6) is 0 Å². The first kappa shape index (κ1) is 9.56. The third-order valence-corrected chi connectivity index (χ3v) is 2.41. The van der Waals surface area contributed by atoms with Crippen LogP contribution in [-0.4, -0.2) is 48.9 Å². The predicted molar refractivity (Wildman–Crippen MR) is 60.9 cm³/mol. The quantitative estimate of drug-likeness (QED) is 0.558. The van der Waals surface area contributed by atoms with E-state index in [-0.39, 0.29) is 51.7 Å². The molecule has 0 unspecified atom stereocenters. The topological polar surface area (TPSA) is 0 Å². The van der Waals surface area contributed by atoms with Gasteiger partial charge in [0.1, 0.15) is 0 Å². The molecule has 60 valence electrons. The van der Waals surface area contributed by atoms with E-state index in [1.165, 1.54) is 21.9 Å². The van der Waals surface area contributed by atoms with Crippen LogP contribution in [0.3, 0.4) is 0 Å². The summed E-state index contributed by atoms with van der Waals surface area (Å²) in [6.07, 6.45) is 4.36. The summed E-state index contributed by atoms with van der Waals surface area (Å²) in [6.45, 7) is 0. The van der Waals surface area contributed by atoms with E-state index in [1.54, 1.807) is 0 Å². The van der Waals surface area contributed by atoms with Gasteiger partial charge in [0.25, 0.3) is 0 Å². The van der Waals surface area contributed by atoms with E-state index in [2.05, 4.69) is 48.6 Å². The molecule has 2 aromatic rings. The molecule has 0 aromatic heterocycles. The fraction of sp³-hybridized carbons (Fsp3) is 0. The zero-order chi connectivity index (χ0) is 7.97. The first-order valence-electron chi connectivity index (χ1n) is 4.15. The molecule has 0 nitrogen and oxygen atoms in total. The van der Waals surface area contributed by atoms with E-state index < -0.39 is 0 Å². The van der Waals surface area contributed by atoms with Gasteiger partial charge in [0.05, 0.1) is 0 Å². The fourth-order valence-electron chi connectivity index (χ4n) is 1.86. The summed E-state index contributed by atoms with van der Waals surface area (Å²) in [6, 6.07) is 12.9. The number of benzene rings is 2. The zero-order valence-corrected chi connectivity index (χ0v) is 11.8. The molecule has 0 N–H and O–H groups in total. The molecular weight excluding hydrogens is 281 g/mol. The van der Waals surface area contributed by atoms with E-state index in [1.807, 2.05) is 0 Å². The van der Waals surface area contributed by atoms with Crippen LogP contribution in [0.4, 0.5) is 0 Å². The second-order valence-corrected chi connectivity index (χ2v) is 3.13.